The number of rotatable bonds is 11. The average Bonchev–Trinajstić information content (AvgIpc) is 2.90. The Morgan fingerprint density at radius 2 is 1.31 bits per heavy atom. The SMILES string of the molecule is COc1ccc(/C=C/c2cc(OC)cc(OC)c2/C=C/C(=O)/C=C/c2ccc(O[N+](=O)[O-])cc2)cc1. The van der Waals surface area contributed by atoms with Crippen LogP contribution in [0.15, 0.2) is 72.8 Å². The molecule has 0 radical (unpaired) electrons. The van der Waals surface area contributed by atoms with Gasteiger partial charge in [-0.15, -0.1) is 10.1 Å². The highest BCUT2D eigenvalue weighted by Gasteiger charge is 2.09. The van der Waals surface area contributed by atoms with Gasteiger partial charge in [0.05, 0.1) is 21.3 Å². The molecule has 0 bridgehead atoms. The molecule has 0 saturated heterocycles. The summed E-state index contributed by atoms with van der Waals surface area (Å²) in [5.41, 5.74) is 3.18. The predicted octanol–water partition coefficient (Wildman–Crippen LogP) is 5.75. The molecule has 0 aliphatic heterocycles. The monoisotopic (exact) mass is 487 g/mol. The molecule has 0 aromatic heterocycles. The highest BCUT2D eigenvalue weighted by Crippen LogP contribution is 2.31. The second-order valence-corrected chi connectivity index (χ2v) is 7.39. The van der Waals surface area contributed by atoms with Crippen molar-refractivity contribution in [1.82, 2.24) is 0 Å². The fourth-order valence-corrected chi connectivity index (χ4v) is 3.25. The number of hydrogen-bond acceptors (Lipinski definition) is 7. The minimum atomic E-state index is -0.882. The minimum Gasteiger partial charge on any atom is -0.497 e. The van der Waals surface area contributed by atoms with Gasteiger partial charge in [-0.1, -0.05) is 42.5 Å². The van der Waals surface area contributed by atoms with Crippen molar-refractivity contribution in [3.05, 3.63) is 105 Å². The van der Waals surface area contributed by atoms with E-state index in [0.29, 0.717) is 22.6 Å². The van der Waals surface area contributed by atoms with E-state index >= 15 is 0 Å². The Morgan fingerprint density at radius 3 is 1.89 bits per heavy atom. The van der Waals surface area contributed by atoms with Crippen LogP contribution >= 0.6 is 0 Å². The summed E-state index contributed by atoms with van der Waals surface area (Å²) in [5, 5.41) is 9.51. The van der Waals surface area contributed by atoms with Crippen LogP contribution in [-0.2, 0) is 4.79 Å². The molecule has 0 aliphatic carbocycles. The van der Waals surface area contributed by atoms with Crippen molar-refractivity contribution in [2.45, 2.75) is 0 Å². The van der Waals surface area contributed by atoms with Gasteiger partial charge >= 0.3 is 0 Å². The Labute approximate surface area is 208 Å². The Balaban J connectivity index is 1.82. The highest BCUT2D eigenvalue weighted by atomic mass is 17.0. The largest absolute Gasteiger partial charge is 0.497 e. The molecule has 0 fully saturated rings. The normalized spacial score (nSPS) is 11.2. The van der Waals surface area contributed by atoms with Gasteiger partial charge < -0.3 is 14.2 Å². The molecular formula is C28H25NO7. The number of allylic oxidation sites excluding steroid dienone is 2. The molecule has 0 unspecified atom stereocenters. The van der Waals surface area contributed by atoms with Crippen LogP contribution in [-0.4, -0.2) is 32.2 Å². The Morgan fingerprint density at radius 1 is 0.722 bits per heavy atom. The van der Waals surface area contributed by atoms with Crippen molar-refractivity contribution >= 4 is 30.1 Å². The molecule has 0 spiro atoms. The van der Waals surface area contributed by atoms with E-state index < -0.39 is 5.09 Å². The lowest BCUT2D eigenvalue weighted by Crippen LogP contribution is -2.02. The zero-order valence-electron chi connectivity index (χ0n) is 20.0. The Bertz CT molecular complexity index is 1290. The van der Waals surface area contributed by atoms with E-state index in [1.165, 1.54) is 24.3 Å². The van der Waals surface area contributed by atoms with Gasteiger partial charge in [-0.05, 0) is 65.3 Å². The van der Waals surface area contributed by atoms with E-state index in [0.717, 1.165) is 16.9 Å². The van der Waals surface area contributed by atoms with E-state index in [4.69, 9.17) is 14.2 Å². The highest BCUT2D eigenvalue weighted by molar-refractivity contribution is 6.05. The van der Waals surface area contributed by atoms with Crippen LogP contribution in [0.5, 0.6) is 23.0 Å². The predicted molar refractivity (Wildman–Crippen MR) is 139 cm³/mol. The van der Waals surface area contributed by atoms with Crippen molar-refractivity contribution in [3.8, 4) is 23.0 Å². The maximum Gasteiger partial charge on any atom is 0.299 e. The quantitative estimate of drug-likeness (QED) is 0.147. The van der Waals surface area contributed by atoms with Gasteiger partial charge in [0.15, 0.2) is 5.78 Å². The van der Waals surface area contributed by atoms with Crippen LogP contribution in [0.4, 0.5) is 0 Å². The van der Waals surface area contributed by atoms with Crippen LogP contribution in [0, 0.1) is 10.1 Å². The molecule has 36 heavy (non-hydrogen) atoms. The molecular weight excluding hydrogens is 462 g/mol. The lowest BCUT2D eigenvalue weighted by Gasteiger charge is -2.11. The third kappa shape index (κ3) is 7.33. The van der Waals surface area contributed by atoms with Crippen LogP contribution < -0.4 is 19.0 Å². The number of ether oxygens (including phenoxy) is 3. The first-order chi connectivity index (χ1) is 17.4. The number of hydrogen-bond donors (Lipinski definition) is 0. The number of carbonyl (C=O) groups is 1. The van der Waals surface area contributed by atoms with E-state index in [9.17, 15) is 14.9 Å². The van der Waals surface area contributed by atoms with E-state index in [-0.39, 0.29) is 11.5 Å². The van der Waals surface area contributed by atoms with Gasteiger partial charge in [0, 0.05) is 11.6 Å². The molecule has 0 saturated carbocycles. The maximum atomic E-state index is 12.5. The topological polar surface area (TPSA) is 97.1 Å². The fourth-order valence-electron chi connectivity index (χ4n) is 3.25. The second-order valence-electron chi connectivity index (χ2n) is 7.39. The molecule has 8 heteroatoms. The first-order valence-electron chi connectivity index (χ1n) is 10.8. The third-order valence-electron chi connectivity index (χ3n) is 5.09. The van der Waals surface area contributed by atoms with Crippen LogP contribution in [0.25, 0.3) is 24.3 Å². The molecule has 0 amide bonds. The summed E-state index contributed by atoms with van der Waals surface area (Å²) in [7, 11) is 4.75. The Hall–Kier alpha value is -4.85. The third-order valence-corrected chi connectivity index (χ3v) is 5.09. The average molecular weight is 488 g/mol. The molecule has 3 aromatic rings. The van der Waals surface area contributed by atoms with Gasteiger partial charge in [0.1, 0.15) is 23.0 Å². The molecule has 3 rings (SSSR count). The van der Waals surface area contributed by atoms with Gasteiger partial charge in [-0.3, -0.25) is 9.63 Å². The first-order valence-corrected chi connectivity index (χ1v) is 10.8. The number of ketones is 1. The first kappa shape index (κ1) is 25.8. The van der Waals surface area contributed by atoms with Gasteiger partial charge in [0.2, 0.25) is 0 Å². The second kappa shape index (κ2) is 12.6. The summed E-state index contributed by atoms with van der Waals surface area (Å²) >= 11 is 0. The van der Waals surface area contributed by atoms with Gasteiger partial charge in [-0.2, -0.15) is 0 Å². The number of methoxy groups -OCH3 is 3. The van der Waals surface area contributed by atoms with Crippen molar-refractivity contribution in [1.29, 1.82) is 0 Å². The van der Waals surface area contributed by atoms with Crippen LogP contribution in [0.1, 0.15) is 22.3 Å². The van der Waals surface area contributed by atoms with Crippen molar-refractivity contribution in [3.63, 3.8) is 0 Å². The standard InChI is InChI=1S/C28H25NO7/c1-33-24-13-6-20(7-14-24)4-10-22-18-26(34-2)19-28(35-3)27(22)17-12-23(30)11-5-21-8-15-25(16-9-21)36-29(31)32/h4-19H,1-3H3/b10-4+,11-5+,17-12+. The molecule has 0 aliphatic rings. The van der Waals surface area contributed by atoms with Gasteiger partial charge in [-0.25, -0.2) is 0 Å². The van der Waals surface area contributed by atoms with Crippen LogP contribution in [0.3, 0.4) is 0 Å². The molecule has 0 N–H and O–H groups in total. The van der Waals surface area contributed by atoms with E-state index in [1.807, 2.05) is 42.5 Å². The molecule has 0 atom stereocenters. The molecule has 184 valence electrons. The summed E-state index contributed by atoms with van der Waals surface area (Å²) in [6.45, 7) is 0. The van der Waals surface area contributed by atoms with Crippen molar-refractivity contribution in [2.24, 2.45) is 0 Å². The molecule has 3 aromatic carbocycles. The lowest BCUT2D eigenvalue weighted by atomic mass is 10.0. The summed E-state index contributed by atoms with van der Waals surface area (Å²) in [5.74, 6) is 1.80. The van der Waals surface area contributed by atoms with Crippen LogP contribution in [0.2, 0.25) is 0 Å². The maximum absolute atomic E-state index is 12.5. The number of carbonyl (C=O) groups excluding carboxylic acids is 1. The number of benzene rings is 3. The Kier molecular flexibility index (Phi) is 9.00. The zero-order chi connectivity index (χ0) is 25.9. The molecule has 8 nitrogen and oxygen atoms in total. The summed E-state index contributed by atoms with van der Waals surface area (Å²) in [4.78, 5) is 27.3. The lowest BCUT2D eigenvalue weighted by molar-refractivity contribution is -0.711. The van der Waals surface area contributed by atoms with E-state index in [2.05, 4.69) is 4.84 Å². The summed E-state index contributed by atoms with van der Waals surface area (Å²) < 4.78 is 16.1. The zero-order valence-corrected chi connectivity index (χ0v) is 20.0. The minimum absolute atomic E-state index is 0.102. The summed E-state index contributed by atoms with van der Waals surface area (Å²) in [6, 6.07) is 17.4. The van der Waals surface area contributed by atoms with Crippen molar-refractivity contribution in [2.75, 3.05) is 21.3 Å². The van der Waals surface area contributed by atoms with Gasteiger partial charge in [0.25, 0.3) is 5.09 Å². The van der Waals surface area contributed by atoms with Crippen molar-refractivity contribution < 1.29 is 28.9 Å². The smallest absolute Gasteiger partial charge is 0.299 e. The molecule has 0 heterocycles. The fraction of sp³-hybridized carbons (Fsp3) is 0.107. The number of nitrogens with zero attached hydrogens (tertiary/aromatic N) is 1. The summed E-state index contributed by atoms with van der Waals surface area (Å²) in [6.07, 6.45) is 10.0. The van der Waals surface area contributed by atoms with E-state index in [1.54, 1.807) is 51.7 Å².